The fraction of sp³-hybridized carbons (Fsp3) is 0.259. The average molecular weight is 456 g/mol. The molecule has 0 radical (unpaired) electrons. The van der Waals surface area contributed by atoms with E-state index in [1.807, 2.05) is 66.7 Å². The third kappa shape index (κ3) is 4.66. The van der Waals surface area contributed by atoms with Gasteiger partial charge in [0.15, 0.2) is 0 Å². The Hall–Kier alpha value is -3.68. The molecule has 7 nitrogen and oxygen atoms in total. The monoisotopic (exact) mass is 455 g/mol. The van der Waals surface area contributed by atoms with Crippen LogP contribution in [0, 0.1) is 0 Å². The summed E-state index contributed by atoms with van der Waals surface area (Å²) >= 11 is 0. The Labute approximate surface area is 199 Å². The lowest BCUT2D eigenvalue weighted by molar-refractivity contribution is 0.159. The number of carbonyl (C=O) groups is 1. The van der Waals surface area contributed by atoms with Gasteiger partial charge in [-0.1, -0.05) is 72.8 Å². The van der Waals surface area contributed by atoms with Crippen LogP contribution in [0.2, 0.25) is 0 Å². The van der Waals surface area contributed by atoms with Crippen molar-refractivity contribution in [1.29, 1.82) is 0 Å². The van der Waals surface area contributed by atoms with Gasteiger partial charge in [0.1, 0.15) is 0 Å². The predicted molar refractivity (Wildman–Crippen MR) is 135 cm³/mol. The standard InChI is InChI=1S/C27H29N5O2/c1-34-16-15-32-17-22(19-9-4-2-5-10-19)24(18-32)29-27(33)28-23-14-8-13-21-25(30-31-26(21)23)20-11-6-3-7-12-20/h2-14,22,24H,15-18H2,1H3,(H,30,31)(H2,28,29,33)/t22-,24+/m1/s1. The molecule has 0 aliphatic carbocycles. The Bertz CT molecular complexity index is 1240. The first-order chi connectivity index (χ1) is 16.7. The van der Waals surface area contributed by atoms with Crippen LogP contribution in [0.3, 0.4) is 0 Å². The number of urea groups is 1. The van der Waals surface area contributed by atoms with Crippen molar-refractivity contribution in [3.8, 4) is 11.3 Å². The number of anilines is 1. The van der Waals surface area contributed by atoms with E-state index in [1.54, 1.807) is 7.11 Å². The van der Waals surface area contributed by atoms with Crippen molar-refractivity contribution in [1.82, 2.24) is 20.4 Å². The summed E-state index contributed by atoms with van der Waals surface area (Å²) < 4.78 is 5.26. The number of methoxy groups -OCH3 is 1. The molecule has 2 atom stereocenters. The van der Waals surface area contributed by atoms with Gasteiger partial charge in [-0.25, -0.2) is 4.79 Å². The number of nitrogens with zero attached hydrogens (tertiary/aromatic N) is 2. The molecular formula is C27H29N5O2. The van der Waals surface area contributed by atoms with Gasteiger partial charge in [0.25, 0.3) is 0 Å². The first-order valence-corrected chi connectivity index (χ1v) is 11.6. The van der Waals surface area contributed by atoms with Crippen LogP contribution < -0.4 is 10.6 Å². The molecule has 2 heterocycles. The van der Waals surface area contributed by atoms with Crippen LogP contribution in [0.4, 0.5) is 10.5 Å². The van der Waals surface area contributed by atoms with Gasteiger partial charge < -0.3 is 15.4 Å². The molecule has 1 aliphatic heterocycles. The minimum atomic E-state index is -0.220. The Balaban J connectivity index is 1.33. The number of hydrogen-bond donors (Lipinski definition) is 3. The molecule has 0 unspecified atom stereocenters. The Morgan fingerprint density at radius 2 is 1.79 bits per heavy atom. The zero-order valence-electron chi connectivity index (χ0n) is 19.2. The van der Waals surface area contributed by atoms with Crippen LogP contribution in [0.1, 0.15) is 11.5 Å². The highest BCUT2D eigenvalue weighted by Gasteiger charge is 2.34. The van der Waals surface area contributed by atoms with E-state index in [9.17, 15) is 4.79 Å². The molecule has 1 aromatic heterocycles. The van der Waals surface area contributed by atoms with Crippen LogP contribution in [0.15, 0.2) is 78.9 Å². The van der Waals surface area contributed by atoms with E-state index < -0.39 is 0 Å². The van der Waals surface area contributed by atoms with Crippen LogP contribution >= 0.6 is 0 Å². The summed E-state index contributed by atoms with van der Waals surface area (Å²) in [6, 6.07) is 26.0. The van der Waals surface area contributed by atoms with Crippen molar-refractivity contribution in [3.05, 3.63) is 84.4 Å². The van der Waals surface area contributed by atoms with Gasteiger partial charge in [0, 0.05) is 43.6 Å². The maximum atomic E-state index is 13.1. The highest BCUT2D eigenvalue weighted by atomic mass is 16.5. The normalized spacial score (nSPS) is 18.3. The SMILES string of the molecule is COCCN1C[C@H](NC(=O)Nc2cccc3c(-c4ccccc4)n[nH]c23)[C@@H](c2ccccc2)C1. The van der Waals surface area contributed by atoms with E-state index in [0.717, 1.165) is 41.8 Å². The number of aromatic nitrogens is 2. The number of likely N-dealkylation sites (tertiary alicyclic amines) is 1. The number of fused-ring (bicyclic) bond motifs is 1. The molecule has 1 aliphatic rings. The Kier molecular flexibility index (Phi) is 6.56. The van der Waals surface area contributed by atoms with Gasteiger partial charge in [0.2, 0.25) is 0 Å². The zero-order valence-corrected chi connectivity index (χ0v) is 19.2. The quantitative estimate of drug-likeness (QED) is 0.384. The number of amides is 2. The van der Waals surface area contributed by atoms with E-state index in [1.165, 1.54) is 5.56 Å². The summed E-state index contributed by atoms with van der Waals surface area (Å²) in [7, 11) is 1.72. The molecule has 4 aromatic rings. The van der Waals surface area contributed by atoms with Gasteiger partial charge in [-0.3, -0.25) is 10.00 Å². The van der Waals surface area contributed by atoms with E-state index in [2.05, 4.69) is 37.9 Å². The molecule has 2 amide bonds. The Morgan fingerprint density at radius 3 is 2.56 bits per heavy atom. The van der Waals surface area contributed by atoms with Gasteiger partial charge in [-0.15, -0.1) is 0 Å². The number of carbonyl (C=O) groups excluding carboxylic acids is 1. The van der Waals surface area contributed by atoms with Gasteiger partial charge in [0.05, 0.1) is 29.5 Å². The molecule has 0 bridgehead atoms. The second-order valence-corrected chi connectivity index (χ2v) is 8.64. The van der Waals surface area contributed by atoms with Gasteiger partial charge >= 0.3 is 6.03 Å². The van der Waals surface area contributed by atoms with E-state index in [-0.39, 0.29) is 18.0 Å². The minimum absolute atomic E-state index is 0.0000979. The van der Waals surface area contributed by atoms with Crippen molar-refractivity contribution in [2.24, 2.45) is 0 Å². The lowest BCUT2D eigenvalue weighted by Gasteiger charge is -2.20. The number of para-hydroxylation sites is 1. The number of benzene rings is 3. The second kappa shape index (κ2) is 10.1. The topological polar surface area (TPSA) is 82.3 Å². The van der Waals surface area contributed by atoms with Gasteiger partial charge in [-0.05, 0) is 11.6 Å². The molecule has 3 N–H and O–H groups in total. The maximum absolute atomic E-state index is 13.1. The average Bonchev–Trinajstić information content (AvgIpc) is 3.49. The van der Waals surface area contributed by atoms with Crippen molar-refractivity contribution in [2.75, 3.05) is 38.7 Å². The number of H-pyrrole nitrogens is 1. The summed E-state index contributed by atoms with van der Waals surface area (Å²) in [6.07, 6.45) is 0. The summed E-state index contributed by atoms with van der Waals surface area (Å²) in [5, 5.41) is 14.8. The zero-order chi connectivity index (χ0) is 23.3. The second-order valence-electron chi connectivity index (χ2n) is 8.64. The molecule has 0 saturated carbocycles. The fourth-order valence-corrected chi connectivity index (χ4v) is 4.76. The smallest absolute Gasteiger partial charge is 0.319 e. The van der Waals surface area contributed by atoms with E-state index in [0.29, 0.717) is 12.3 Å². The number of ether oxygens (including phenoxy) is 1. The molecular weight excluding hydrogens is 426 g/mol. The van der Waals surface area contributed by atoms with Crippen molar-refractivity contribution in [2.45, 2.75) is 12.0 Å². The van der Waals surface area contributed by atoms with Crippen LogP contribution in [0.25, 0.3) is 22.2 Å². The number of rotatable bonds is 7. The third-order valence-corrected chi connectivity index (χ3v) is 6.45. The van der Waals surface area contributed by atoms with Crippen LogP contribution in [-0.2, 0) is 4.74 Å². The molecule has 34 heavy (non-hydrogen) atoms. The molecule has 7 heteroatoms. The number of aromatic amines is 1. The highest BCUT2D eigenvalue weighted by molar-refractivity contribution is 6.04. The third-order valence-electron chi connectivity index (χ3n) is 6.45. The summed E-state index contributed by atoms with van der Waals surface area (Å²) in [4.78, 5) is 15.4. The largest absolute Gasteiger partial charge is 0.383 e. The fourth-order valence-electron chi connectivity index (χ4n) is 4.76. The van der Waals surface area contributed by atoms with Crippen molar-refractivity contribution in [3.63, 3.8) is 0 Å². The van der Waals surface area contributed by atoms with E-state index in [4.69, 9.17) is 4.74 Å². The lowest BCUT2D eigenvalue weighted by Crippen LogP contribution is -2.42. The first-order valence-electron chi connectivity index (χ1n) is 11.6. The summed E-state index contributed by atoms with van der Waals surface area (Å²) in [5.41, 5.74) is 4.65. The minimum Gasteiger partial charge on any atom is -0.383 e. The van der Waals surface area contributed by atoms with Crippen LogP contribution in [-0.4, -0.2) is 60.5 Å². The molecule has 174 valence electrons. The number of nitrogens with one attached hydrogen (secondary N) is 3. The van der Waals surface area contributed by atoms with E-state index >= 15 is 0 Å². The maximum Gasteiger partial charge on any atom is 0.319 e. The number of hydrogen-bond acceptors (Lipinski definition) is 4. The van der Waals surface area contributed by atoms with Crippen molar-refractivity contribution >= 4 is 22.6 Å². The lowest BCUT2D eigenvalue weighted by atomic mass is 9.94. The van der Waals surface area contributed by atoms with Crippen LogP contribution in [0.5, 0.6) is 0 Å². The molecule has 0 spiro atoms. The van der Waals surface area contributed by atoms with Gasteiger partial charge in [-0.2, -0.15) is 5.10 Å². The molecule has 3 aromatic carbocycles. The van der Waals surface area contributed by atoms with Crippen molar-refractivity contribution < 1.29 is 9.53 Å². The Morgan fingerprint density at radius 1 is 1.03 bits per heavy atom. The predicted octanol–water partition coefficient (Wildman–Crippen LogP) is 4.47. The highest BCUT2D eigenvalue weighted by Crippen LogP contribution is 2.31. The molecule has 1 saturated heterocycles. The first kappa shape index (κ1) is 22.1. The summed E-state index contributed by atoms with van der Waals surface area (Å²) in [5.74, 6) is 0.219. The summed E-state index contributed by atoms with van der Waals surface area (Å²) in [6.45, 7) is 3.18. The molecule has 5 rings (SSSR count). The molecule has 1 fully saturated rings.